The van der Waals surface area contributed by atoms with Crippen LogP contribution in [0.15, 0.2) is 42.5 Å². The normalized spacial score (nSPS) is 12.9. The van der Waals surface area contributed by atoms with Gasteiger partial charge in [0.15, 0.2) is 0 Å². The molecular formula is C17H11NO3. The average molecular weight is 277 g/mol. The average Bonchev–Trinajstić information content (AvgIpc) is 2.72. The lowest BCUT2D eigenvalue weighted by molar-refractivity contribution is 0.0926. The molecule has 0 bridgehead atoms. The molecule has 2 aromatic rings. The van der Waals surface area contributed by atoms with Crippen molar-refractivity contribution in [3.63, 3.8) is 0 Å². The van der Waals surface area contributed by atoms with Crippen LogP contribution in [0.1, 0.15) is 33.2 Å². The molecule has 4 heteroatoms. The summed E-state index contributed by atoms with van der Waals surface area (Å²) in [6.07, 6.45) is 0. The van der Waals surface area contributed by atoms with Crippen LogP contribution in [0.3, 0.4) is 0 Å². The van der Waals surface area contributed by atoms with Crippen LogP contribution < -0.4 is 4.90 Å². The van der Waals surface area contributed by atoms with Gasteiger partial charge in [0, 0.05) is 5.56 Å². The van der Waals surface area contributed by atoms with Crippen molar-refractivity contribution < 1.29 is 14.7 Å². The van der Waals surface area contributed by atoms with Crippen molar-refractivity contribution in [3.8, 4) is 17.6 Å². The van der Waals surface area contributed by atoms with E-state index in [1.165, 1.54) is 24.3 Å². The molecule has 0 aromatic heterocycles. The third-order valence-electron chi connectivity index (χ3n) is 3.26. The predicted molar refractivity (Wildman–Crippen MR) is 78.2 cm³/mol. The predicted octanol–water partition coefficient (Wildman–Crippen LogP) is 2.56. The number of carbonyl (C=O) groups excluding carboxylic acids is 2. The number of phenols is 1. The summed E-state index contributed by atoms with van der Waals surface area (Å²) >= 11 is 0. The molecule has 1 heterocycles. The molecule has 2 aromatic carbocycles. The second-order valence-corrected chi connectivity index (χ2v) is 4.60. The molecule has 0 radical (unpaired) electrons. The number of rotatable bonds is 1. The largest absolute Gasteiger partial charge is 0.508 e. The molecule has 4 nitrogen and oxygen atoms in total. The van der Waals surface area contributed by atoms with Crippen molar-refractivity contribution in [1.29, 1.82) is 0 Å². The Morgan fingerprint density at radius 1 is 0.952 bits per heavy atom. The zero-order chi connectivity index (χ0) is 15.0. The van der Waals surface area contributed by atoms with Crippen LogP contribution in [0, 0.1) is 11.8 Å². The van der Waals surface area contributed by atoms with Crippen LogP contribution >= 0.6 is 0 Å². The van der Waals surface area contributed by atoms with E-state index in [1.54, 1.807) is 25.1 Å². The van der Waals surface area contributed by atoms with Crippen molar-refractivity contribution in [2.75, 3.05) is 4.90 Å². The first-order chi connectivity index (χ1) is 10.1. The second kappa shape index (κ2) is 4.80. The van der Waals surface area contributed by atoms with Gasteiger partial charge < -0.3 is 5.11 Å². The highest BCUT2D eigenvalue weighted by Gasteiger charge is 2.36. The maximum atomic E-state index is 12.4. The van der Waals surface area contributed by atoms with E-state index < -0.39 is 0 Å². The maximum Gasteiger partial charge on any atom is 0.266 e. The molecule has 0 saturated carbocycles. The number of amides is 2. The summed E-state index contributed by atoms with van der Waals surface area (Å²) < 4.78 is 0. The van der Waals surface area contributed by atoms with Crippen molar-refractivity contribution in [1.82, 2.24) is 0 Å². The highest BCUT2D eigenvalue weighted by atomic mass is 16.3. The Balaban J connectivity index is 2.07. The number of benzene rings is 2. The lowest BCUT2D eigenvalue weighted by atomic mass is 10.1. The summed E-state index contributed by atoms with van der Waals surface area (Å²) in [4.78, 5) is 25.9. The summed E-state index contributed by atoms with van der Waals surface area (Å²) in [7, 11) is 0. The molecule has 1 aliphatic rings. The van der Waals surface area contributed by atoms with E-state index in [4.69, 9.17) is 0 Å². The van der Waals surface area contributed by atoms with E-state index in [1.807, 2.05) is 0 Å². The minimum atomic E-state index is -0.375. The molecule has 1 aliphatic heterocycles. The molecule has 2 amide bonds. The van der Waals surface area contributed by atoms with Crippen LogP contribution in [0.25, 0.3) is 0 Å². The molecule has 1 N–H and O–H groups in total. The first-order valence-corrected chi connectivity index (χ1v) is 6.36. The summed E-state index contributed by atoms with van der Waals surface area (Å²) in [5.74, 6) is 4.97. The first-order valence-electron chi connectivity index (χ1n) is 6.36. The van der Waals surface area contributed by atoms with Crippen LogP contribution in [-0.4, -0.2) is 16.9 Å². The van der Waals surface area contributed by atoms with Crippen molar-refractivity contribution in [2.24, 2.45) is 0 Å². The van der Waals surface area contributed by atoms with Gasteiger partial charge in [-0.05, 0) is 49.4 Å². The number of hydrogen-bond donors (Lipinski definition) is 1. The molecule has 3 rings (SSSR count). The molecule has 0 spiro atoms. The van der Waals surface area contributed by atoms with Crippen LogP contribution in [-0.2, 0) is 0 Å². The fraction of sp³-hybridized carbons (Fsp3) is 0.0588. The first kappa shape index (κ1) is 12.9. The third kappa shape index (κ3) is 2.05. The van der Waals surface area contributed by atoms with Gasteiger partial charge in [-0.3, -0.25) is 9.59 Å². The number of fused-ring (bicyclic) bond motifs is 1. The number of hydrogen-bond acceptors (Lipinski definition) is 3. The summed E-state index contributed by atoms with van der Waals surface area (Å²) in [5.41, 5.74) is 1.86. The number of nitrogens with zero attached hydrogens (tertiary/aromatic N) is 1. The third-order valence-corrected chi connectivity index (χ3v) is 3.26. The monoisotopic (exact) mass is 277 g/mol. The molecule has 0 aliphatic carbocycles. The van der Waals surface area contributed by atoms with Gasteiger partial charge in [-0.15, -0.1) is 5.92 Å². The minimum Gasteiger partial charge on any atom is -0.508 e. The SMILES string of the molecule is CC#Cc1ccc2c(c1)C(=O)N(c1ccc(O)cc1)C2=O. The van der Waals surface area contributed by atoms with E-state index in [0.29, 0.717) is 22.4 Å². The highest BCUT2D eigenvalue weighted by Crippen LogP contribution is 2.29. The van der Waals surface area contributed by atoms with Gasteiger partial charge in [0.05, 0.1) is 16.8 Å². The number of anilines is 1. The second-order valence-electron chi connectivity index (χ2n) is 4.60. The van der Waals surface area contributed by atoms with Gasteiger partial charge >= 0.3 is 0 Å². The van der Waals surface area contributed by atoms with Crippen molar-refractivity contribution in [3.05, 3.63) is 59.2 Å². The van der Waals surface area contributed by atoms with E-state index >= 15 is 0 Å². The van der Waals surface area contributed by atoms with Crippen molar-refractivity contribution in [2.45, 2.75) is 6.92 Å². The minimum absolute atomic E-state index is 0.0795. The van der Waals surface area contributed by atoms with Crippen molar-refractivity contribution >= 4 is 17.5 Å². The molecule has 0 unspecified atom stereocenters. The molecule has 102 valence electrons. The molecule has 0 atom stereocenters. The highest BCUT2D eigenvalue weighted by molar-refractivity contribution is 6.34. The van der Waals surface area contributed by atoms with E-state index in [-0.39, 0.29) is 17.6 Å². The van der Waals surface area contributed by atoms with Gasteiger partial charge in [-0.2, -0.15) is 0 Å². The van der Waals surface area contributed by atoms with Crippen LogP contribution in [0.4, 0.5) is 5.69 Å². The number of aromatic hydroxyl groups is 1. The van der Waals surface area contributed by atoms with Gasteiger partial charge in [0.1, 0.15) is 5.75 Å². The Labute approximate surface area is 121 Å². The Morgan fingerprint density at radius 2 is 1.62 bits per heavy atom. The summed E-state index contributed by atoms with van der Waals surface area (Å²) in [6.45, 7) is 1.71. The van der Waals surface area contributed by atoms with Gasteiger partial charge in [0.2, 0.25) is 0 Å². The topological polar surface area (TPSA) is 57.6 Å². The fourth-order valence-corrected chi connectivity index (χ4v) is 2.30. The lowest BCUT2D eigenvalue weighted by Gasteiger charge is -2.13. The molecular weight excluding hydrogens is 266 g/mol. The zero-order valence-electron chi connectivity index (χ0n) is 11.3. The summed E-state index contributed by atoms with van der Waals surface area (Å²) in [6, 6.07) is 10.9. The smallest absolute Gasteiger partial charge is 0.266 e. The van der Waals surface area contributed by atoms with E-state index in [2.05, 4.69) is 11.8 Å². The number of imide groups is 1. The van der Waals surface area contributed by atoms with Gasteiger partial charge in [-0.25, -0.2) is 4.90 Å². The van der Waals surface area contributed by atoms with Gasteiger partial charge in [-0.1, -0.05) is 5.92 Å². The fourth-order valence-electron chi connectivity index (χ4n) is 2.30. The van der Waals surface area contributed by atoms with Gasteiger partial charge in [0.25, 0.3) is 11.8 Å². The number of carbonyl (C=O) groups is 2. The zero-order valence-corrected chi connectivity index (χ0v) is 11.3. The van der Waals surface area contributed by atoms with E-state index in [9.17, 15) is 14.7 Å². The Hall–Kier alpha value is -3.06. The van der Waals surface area contributed by atoms with E-state index in [0.717, 1.165) is 4.90 Å². The summed E-state index contributed by atoms with van der Waals surface area (Å²) in [5, 5.41) is 9.30. The molecule has 0 saturated heterocycles. The Kier molecular flexibility index (Phi) is 2.96. The molecule has 0 fully saturated rings. The standard InChI is InChI=1S/C17H11NO3/c1-2-3-11-4-9-14-15(10-11)17(21)18(16(14)20)12-5-7-13(19)8-6-12/h4-10,19H,1H3. The Bertz CT molecular complexity index is 810. The Morgan fingerprint density at radius 3 is 2.29 bits per heavy atom. The maximum absolute atomic E-state index is 12.4. The molecule has 21 heavy (non-hydrogen) atoms. The lowest BCUT2D eigenvalue weighted by Crippen LogP contribution is -2.29. The van der Waals surface area contributed by atoms with Crippen LogP contribution in [0.2, 0.25) is 0 Å². The number of phenolic OH excluding ortho intramolecular Hbond substituents is 1. The quantitative estimate of drug-likeness (QED) is 0.644. The van der Waals surface area contributed by atoms with Crippen LogP contribution in [0.5, 0.6) is 5.75 Å².